The van der Waals surface area contributed by atoms with Crippen LogP contribution in [-0.4, -0.2) is 25.0 Å². The highest BCUT2D eigenvalue weighted by Gasteiger charge is 2.35. The molecule has 0 saturated carbocycles. The van der Waals surface area contributed by atoms with Crippen LogP contribution in [0.1, 0.15) is 27.6 Å². The molecule has 4 nitrogen and oxygen atoms in total. The van der Waals surface area contributed by atoms with E-state index in [0.29, 0.717) is 21.9 Å². The van der Waals surface area contributed by atoms with E-state index < -0.39 is 17.7 Å². The largest absolute Gasteiger partial charge is 0.469 e. The zero-order chi connectivity index (χ0) is 22.1. The van der Waals surface area contributed by atoms with Crippen LogP contribution in [0.4, 0.5) is 4.39 Å². The zero-order valence-electron chi connectivity index (χ0n) is 16.4. The Hall–Kier alpha value is -2.41. The number of methoxy groups -OCH3 is 1. The van der Waals surface area contributed by atoms with Crippen molar-refractivity contribution in [3.63, 3.8) is 0 Å². The first-order valence-electron chi connectivity index (χ1n) is 9.58. The summed E-state index contributed by atoms with van der Waals surface area (Å²) in [7, 11) is 1.30. The first kappa shape index (κ1) is 21.8. The van der Waals surface area contributed by atoms with Crippen LogP contribution in [0, 0.1) is 11.7 Å². The number of halogens is 3. The smallest absolute Gasteiger partial charge is 0.313 e. The molecule has 0 aliphatic heterocycles. The maximum absolute atomic E-state index is 13.5. The lowest BCUT2D eigenvalue weighted by atomic mass is 9.85. The van der Waals surface area contributed by atoms with E-state index in [0.717, 1.165) is 10.1 Å². The molecule has 31 heavy (non-hydrogen) atoms. The molecule has 8 heteroatoms. The van der Waals surface area contributed by atoms with Crippen molar-refractivity contribution in [1.82, 2.24) is 5.32 Å². The van der Waals surface area contributed by atoms with E-state index >= 15 is 0 Å². The fraction of sp³-hybridized carbons (Fsp3) is 0.217. The minimum absolute atomic E-state index is 0.161. The third kappa shape index (κ3) is 4.33. The third-order valence-electron chi connectivity index (χ3n) is 5.36. The summed E-state index contributed by atoms with van der Waals surface area (Å²) in [6.07, 6.45) is 4.18. The molecule has 0 radical (unpaired) electrons. The number of nitrogens with one attached hydrogen (secondary N) is 1. The summed E-state index contributed by atoms with van der Waals surface area (Å²) in [4.78, 5) is 25.8. The summed E-state index contributed by atoms with van der Waals surface area (Å²) in [5, 5.41) is 4.41. The molecule has 160 valence electrons. The maximum Gasteiger partial charge on any atom is 0.313 e. The van der Waals surface area contributed by atoms with Gasteiger partial charge in [-0.25, -0.2) is 4.39 Å². The molecule has 3 aromatic rings. The molecular weight excluding hydrogens is 460 g/mol. The first-order valence-corrected chi connectivity index (χ1v) is 11.1. The minimum atomic E-state index is -0.704. The number of fused-ring (bicyclic) bond motifs is 1. The van der Waals surface area contributed by atoms with Gasteiger partial charge in [0, 0.05) is 21.2 Å². The highest BCUT2D eigenvalue weighted by atomic mass is 35.5. The molecule has 1 aliphatic rings. The molecule has 0 saturated heterocycles. The molecule has 1 heterocycles. The van der Waals surface area contributed by atoms with Gasteiger partial charge in [0.25, 0.3) is 5.91 Å². The van der Waals surface area contributed by atoms with Crippen molar-refractivity contribution < 1.29 is 18.7 Å². The Morgan fingerprint density at radius 2 is 1.97 bits per heavy atom. The number of esters is 1. The summed E-state index contributed by atoms with van der Waals surface area (Å²) in [5.74, 6) is -2.19. The van der Waals surface area contributed by atoms with E-state index in [1.165, 1.54) is 36.6 Å². The third-order valence-corrected chi connectivity index (χ3v) is 7.36. The van der Waals surface area contributed by atoms with Gasteiger partial charge in [0.15, 0.2) is 0 Å². The molecule has 0 fully saturated rings. The zero-order valence-corrected chi connectivity index (χ0v) is 18.7. The van der Waals surface area contributed by atoms with Crippen molar-refractivity contribution in [1.29, 1.82) is 0 Å². The summed E-state index contributed by atoms with van der Waals surface area (Å²) < 4.78 is 19.4. The molecule has 1 amide bonds. The lowest BCUT2D eigenvalue weighted by molar-refractivity contribution is -0.143. The fourth-order valence-electron chi connectivity index (χ4n) is 3.89. The quantitative estimate of drug-likeness (QED) is 0.363. The van der Waals surface area contributed by atoms with Crippen molar-refractivity contribution in [3.05, 3.63) is 80.9 Å². The Morgan fingerprint density at radius 3 is 2.68 bits per heavy atom. The van der Waals surface area contributed by atoms with E-state index in [4.69, 9.17) is 27.9 Å². The van der Waals surface area contributed by atoms with Crippen LogP contribution in [0.5, 0.6) is 0 Å². The molecule has 1 N–H and O–H groups in total. The SMILES string of the molecule is COC(=O)C(c1ccc(F)cc1Cl)C1C=CC(NC(=O)c2sc3ccccc3c2Cl)C1. The van der Waals surface area contributed by atoms with Crippen molar-refractivity contribution >= 4 is 56.5 Å². The van der Waals surface area contributed by atoms with Gasteiger partial charge in [-0.1, -0.05) is 59.6 Å². The Labute approximate surface area is 192 Å². The highest BCUT2D eigenvalue weighted by molar-refractivity contribution is 7.21. The second-order valence-corrected chi connectivity index (χ2v) is 9.11. The van der Waals surface area contributed by atoms with Gasteiger partial charge in [-0.05, 0) is 36.1 Å². The molecule has 1 aliphatic carbocycles. The van der Waals surface area contributed by atoms with E-state index in [9.17, 15) is 14.0 Å². The molecule has 4 rings (SSSR count). The number of hydrogen-bond acceptors (Lipinski definition) is 4. The number of hydrogen-bond donors (Lipinski definition) is 1. The summed E-state index contributed by atoms with van der Waals surface area (Å²) in [5.41, 5.74) is 0.490. The lowest BCUT2D eigenvalue weighted by Gasteiger charge is -2.23. The second kappa shape index (κ2) is 8.99. The molecule has 3 unspecified atom stereocenters. The average Bonchev–Trinajstić information content (AvgIpc) is 3.34. The summed E-state index contributed by atoms with van der Waals surface area (Å²) in [6, 6.07) is 11.2. The van der Waals surface area contributed by atoms with E-state index in [-0.39, 0.29) is 22.9 Å². The number of carbonyl (C=O) groups is 2. The Kier molecular flexibility index (Phi) is 6.32. The van der Waals surface area contributed by atoms with Crippen LogP contribution in [0.3, 0.4) is 0 Å². The molecule has 2 aromatic carbocycles. The van der Waals surface area contributed by atoms with Crippen molar-refractivity contribution in [2.45, 2.75) is 18.4 Å². The van der Waals surface area contributed by atoms with Gasteiger partial charge in [0.2, 0.25) is 0 Å². The molecular formula is C23H18Cl2FNO3S. The first-order chi connectivity index (χ1) is 14.9. The van der Waals surface area contributed by atoms with Gasteiger partial charge >= 0.3 is 5.97 Å². The Bertz CT molecular complexity index is 1190. The predicted octanol–water partition coefficient (Wildman–Crippen LogP) is 5.98. The predicted molar refractivity (Wildman–Crippen MR) is 122 cm³/mol. The van der Waals surface area contributed by atoms with Crippen LogP contribution < -0.4 is 5.32 Å². The number of carbonyl (C=O) groups excluding carboxylic acids is 2. The average molecular weight is 478 g/mol. The van der Waals surface area contributed by atoms with Crippen molar-refractivity contribution in [3.8, 4) is 0 Å². The van der Waals surface area contributed by atoms with Crippen LogP contribution >= 0.6 is 34.5 Å². The van der Waals surface area contributed by atoms with E-state index in [1.807, 2.05) is 36.4 Å². The number of rotatable bonds is 5. The number of allylic oxidation sites excluding steroid dienone is 1. The van der Waals surface area contributed by atoms with E-state index in [2.05, 4.69) is 5.32 Å². The van der Waals surface area contributed by atoms with Crippen LogP contribution in [0.15, 0.2) is 54.6 Å². The molecule has 0 spiro atoms. The number of thiophene rings is 1. The van der Waals surface area contributed by atoms with Gasteiger partial charge in [0.05, 0.1) is 18.1 Å². The summed E-state index contributed by atoms with van der Waals surface area (Å²) in [6.45, 7) is 0. The Balaban J connectivity index is 1.52. The van der Waals surface area contributed by atoms with Gasteiger partial charge in [-0.2, -0.15) is 0 Å². The number of ether oxygens (including phenoxy) is 1. The lowest BCUT2D eigenvalue weighted by Crippen LogP contribution is -2.33. The van der Waals surface area contributed by atoms with Gasteiger partial charge < -0.3 is 10.1 Å². The highest BCUT2D eigenvalue weighted by Crippen LogP contribution is 2.39. The minimum Gasteiger partial charge on any atom is -0.469 e. The molecule has 0 bridgehead atoms. The van der Waals surface area contributed by atoms with Crippen LogP contribution in [0.2, 0.25) is 10.0 Å². The van der Waals surface area contributed by atoms with Crippen LogP contribution in [-0.2, 0) is 9.53 Å². The monoisotopic (exact) mass is 477 g/mol. The standard InChI is InChI=1S/C23H18Cl2FNO3S/c1-30-23(29)19(15-9-7-13(26)11-17(15)24)12-6-8-14(10-12)27-22(28)21-20(25)16-4-2-3-5-18(16)31-21/h2-9,11-12,14,19H,10H2,1H3,(H,27,28). The Morgan fingerprint density at radius 1 is 1.19 bits per heavy atom. The fourth-order valence-corrected chi connectivity index (χ4v) is 5.59. The molecule has 3 atom stereocenters. The van der Waals surface area contributed by atoms with Crippen molar-refractivity contribution in [2.75, 3.05) is 7.11 Å². The summed E-state index contributed by atoms with van der Waals surface area (Å²) >= 11 is 14.0. The molecule has 1 aromatic heterocycles. The number of amides is 1. The second-order valence-electron chi connectivity index (χ2n) is 7.27. The van der Waals surface area contributed by atoms with Gasteiger partial charge in [-0.3, -0.25) is 9.59 Å². The van der Waals surface area contributed by atoms with Gasteiger partial charge in [0.1, 0.15) is 10.7 Å². The normalized spacial score (nSPS) is 18.8. The number of benzene rings is 2. The van der Waals surface area contributed by atoms with Crippen LogP contribution in [0.25, 0.3) is 10.1 Å². The maximum atomic E-state index is 13.5. The van der Waals surface area contributed by atoms with Gasteiger partial charge in [-0.15, -0.1) is 11.3 Å². The van der Waals surface area contributed by atoms with E-state index in [1.54, 1.807) is 0 Å². The topological polar surface area (TPSA) is 55.4 Å². The van der Waals surface area contributed by atoms with Crippen molar-refractivity contribution in [2.24, 2.45) is 5.92 Å².